The topological polar surface area (TPSA) is 32.3 Å². The lowest BCUT2D eigenvalue weighted by molar-refractivity contribution is -0.185. The number of alkyl halides is 3. The molecule has 13 heavy (non-hydrogen) atoms. The maximum absolute atomic E-state index is 12.1. The first kappa shape index (κ1) is 12.7. The molecule has 2 nitrogen and oxygen atoms in total. The average Bonchev–Trinajstić information content (AvgIpc) is 1.95. The van der Waals surface area contributed by atoms with Gasteiger partial charge in [0.1, 0.15) is 0 Å². The zero-order chi connectivity index (χ0) is 10.5. The lowest BCUT2D eigenvalue weighted by atomic mass is 10.1. The van der Waals surface area contributed by atoms with Crippen LogP contribution in [0.15, 0.2) is 0 Å². The highest BCUT2D eigenvalue weighted by Crippen LogP contribution is 2.27. The zero-order valence-electron chi connectivity index (χ0n) is 7.86. The summed E-state index contributed by atoms with van der Waals surface area (Å²) in [5.41, 5.74) is 0. The maximum atomic E-state index is 12.1. The average molecular weight is 199 g/mol. The van der Waals surface area contributed by atoms with Gasteiger partial charge in [0.05, 0.1) is 12.5 Å². The van der Waals surface area contributed by atoms with E-state index in [1.54, 1.807) is 0 Å². The smallest absolute Gasteiger partial charge is 0.394 e. The fourth-order valence-electron chi connectivity index (χ4n) is 0.905. The third-order valence-corrected chi connectivity index (χ3v) is 1.73. The quantitative estimate of drug-likeness (QED) is 0.704. The van der Waals surface area contributed by atoms with E-state index in [0.717, 1.165) is 0 Å². The van der Waals surface area contributed by atoms with Gasteiger partial charge in [-0.3, -0.25) is 0 Å². The van der Waals surface area contributed by atoms with Crippen molar-refractivity contribution in [1.82, 2.24) is 5.32 Å². The second-order valence-corrected chi connectivity index (χ2v) is 3.32. The summed E-state index contributed by atoms with van der Waals surface area (Å²) in [4.78, 5) is 0. The number of halogens is 3. The van der Waals surface area contributed by atoms with Crippen LogP contribution in [-0.4, -0.2) is 30.5 Å². The minimum atomic E-state index is -4.28. The van der Waals surface area contributed by atoms with Crippen molar-refractivity contribution in [1.29, 1.82) is 0 Å². The molecule has 0 aromatic rings. The van der Waals surface area contributed by atoms with E-state index in [0.29, 0.717) is 0 Å². The molecular weight excluding hydrogens is 183 g/mol. The highest BCUT2D eigenvalue weighted by atomic mass is 19.4. The second kappa shape index (κ2) is 5.44. The van der Waals surface area contributed by atoms with Gasteiger partial charge in [-0.2, -0.15) is 13.2 Å². The van der Waals surface area contributed by atoms with Crippen molar-refractivity contribution in [3.05, 3.63) is 0 Å². The monoisotopic (exact) mass is 199 g/mol. The van der Waals surface area contributed by atoms with Gasteiger partial charge in [-0.25, -0.2) is 0 Å². The van der Waals surface area contributed by atoms with Crippen LogP contribution >= 0.6 is 0 Å². The Morgan fingerprint density at radius 2 is 1.85 bits per heavy atom. The Bertz CT molecular complexity index is 136. The van der Waals surface area contributed by atoms with Crippen LogP contribution in [0.4, 0.5) is 13.2 Å². The van der Waals surface area contributed by atoms with Crippen LogP contribution in [0.1, 0.15) is 20.3 Å². The van der Waals surface area contributed by atoms with Crippen LogP contribution < -0.4 is 5.32 Å². The van der Waals surface area contributed by atoms with Gasteiger partial charge in [0, 0.05) is 6.04 Å². The maximum Gasteiger partial charge on any atom is 0.394 e. The summed E-state index contributed by atoms with van der Waals surface area (Å²) in [7, 11) is 0. The normalized spacial score (nSPS) is 15.0. The van der Waals surface area contributed by atoms with Gasteiger partial charge in [0.2, 0.25) is 0 Å². The molecule has 0 aromatic carbocycles. The molecule has 0 amide bonds. The Kier molecular flexibility index (Phi) is 5.32. The molecule has 0 saturated heterocycles. The Hall–Kier alpha value is -0.290. The predicted octanol–water partition coefficient (Wildman–Crippen LogP) is 1.55. The predicted molar refractivity (Wildman–Crippen MR) is 44.4 cm³/mol. The Morgan fingerprint density at radius 1 is 1.31 bits per heavy atom. The molecule has 0 heterocycles. The van der Waals surface area contributed by atoms with Crippen LogP contribution in [0.5, 0.6) is 0 Å². The minimum Gasteiger partial charge on any atom is -0.396 e. The van der Waals surface area contributed by atoms with Crippen LogP contribution in [0, 0.1) is 5.92 Å². The molecule has 0 rings (SSSR count). The van der Waals surface area contributed by atoms with Crippen molar-refractivity contribution in [3.8, 4) is 0 Å². The van der Waals surface area contributed by atoms with Crippen LogP contribution in [0.2, 0.25) is 0 Å². The van der Waals surface area contributed by atoms with Crippen LogP contribution in [0.3, 0.4) is 0 Å². The van der Waals surface area contributed by atoms with E-state index >= 15 is 0 Å². The molecule has 0 aromatic heterocycles. The Morgan fingerprint density at radius 3 is 2.15 bits per heavy atom. The number of hydrogen-bond donors (Lipinski definition) is 2. The lowest BCUT2D eigenvalue weighted by Gasteiger charge is -2.18. The number of rotatable bonds is 5. The molecular formula is C8H16F3NO. The van der Waals surface area contributed by atoms with E-state index in [-0.39, 0.29) is 19.0 Å². The molecule has 0 aliphatic carbocycles. The molecule has 5 heteroatoms. The van der Waals surface area contributed by atoms with Crippen molar-refractivity contribution in [2.45, 2.75) is 32.5 Å². The third-order valence-electron chi connectivity index (χ3n) is 1.73. The molecule has 0 radical (unpaired) electrons. The van der Waals surface area contributed by atoms with Gasteiger partial charge in [0.25, 0.3) is 0 Å². The van der Waals surface area contributed by atoms with E-state index < -0.39 is 18.7 Å². The summed E-state index contributed by atoms with van der Waals surface area (Å²) >= 11 is 0. The molecule has 0 bridgehead atoms. The van der Waals surface area contributed by atoms with Gasteiger partial charge in [-0.05, 0) is 13.0 Å². The van der Waals surface area contributed by atoms with Gasteiger partial charge in [0.15, 0.2) is 0 Å². The van der Waals surface area contributed by atoms with E-state index in [4.69, 9.17) is 5.11 Å². The fraction of sp³-hybridized carbons (Fsp3) is 1.00. The molecule has 0 aliphatic rings. The van der Waals surface area contributed by atoms with Gasteiger partial charge < -0.3 is 10.4 Å². The molecule has 0 spiro atoms. The summed E-state index contributed by atoms with van der Waals surface area (Å²) in [5, 5.41) is 11.4. The summed E-state index contributed by atoms with van der Waals surface area (Å²) in [6.45, 7) is 3.18. The summed E-state index contributed by atoms with van der Waals surface area (Å²) < 4.78 is 36.2. The standard InChI is InChI=1S/C8H16F3NO/c1-6(2)12-4-3-7(5-13)8(9,10)11/h6-7,12-13H,3-5H2,1-2H3. The molecule has 0 aliphatic heterocycles. The van der Waals surface area contributed by atoms with Crippen LogP contribution in [-0.2, 0) is 0 Å². The first-order valence-electron chi connectivity index (χ1n) is 4.29. The van der Waals surface area contributed by atoms with Crippen LogP contribution in [0.25, 0.3) is 0 Å². The summed E-state index contributed by atoms with van der Waals surface area (Å²) in [6, 6.07) is 0.174. The fourth-order valence-corrected chi connectivity index (χ4v) is 0.905. The Labute approximate surface area is 76.1 Å². The first-order valence-corrected chi connectivity index (χ1v) is 4.29. The third kappa shape index (κ3) is 5.87. The van der Waals surface area contributed by atoms with Crippen molar-refractivity contribution in [2.75, 3.05) is 13.2 Å². The number of nitrogens with one attached hydrogen (secondary N) is 1. The van der Waals surface area contributed by atoms with Gasteiger partial charge in [-0.1, -0.05) is 13.8 Å². The van der Waals surface area contributed by atoms with E-state index in [2.05, 4.69) is 5.32 Å². The summed E-state index contributed by atoms with van der Waals surface area (Å²) in [5.74, 6) is -1.60. The highest BCUT2D eigenvalue weighted by molar-refractivity contribution is 4.68. The largest absolute Gasteiger partial charge is 0.396 e. The number of aliphatic hydroxyl groups is 1. The number of hydrogen-bond acceptors (Lipinski definition) is 2. The lowest BCUT2D eigenvalue weighted by Crippen LogP contribution is -2.32. The van der Waals surface area contributed by atoms with Crippen molar-refractivity contribution < 1.29 is 18.3 Å². The van der Waals surface area contributed by atoms with E-state index in [1.807, 2.05) is 13.8 Å². The minimum absolute atomic E-state index is 0.0713. The zero-order valence-corrected chi connectivity index (χ0v) is 7.86. The molecule has 1 unspecified atom stereocenters. The van der Waals surface area contributed by atoms with Gasteiger partial charge in [-0.15, -0.1) is 0 Å². The van der Waals surface area contributed by atoms with Crippen molar-refractivity contribution in [3.63, 3.8) is 0 Å². The Balaban J connectivity index is 3.73. The molecule has 80 valence electrons. The second-order valence-electron chi connectivity index (χ2n) is 3.32. The molecule has 1 atom stereocenters. The SMILES string of the molecule is CC(C)NCCC(CO)C(F)(F)F. The molecule has 2 N–H and O–H groups in total. The van der Waals surface area contributed by atoms with Gasteiger partial charge >= 0.3 is 6.18 Å². The molecule has 0 saturated carbocycles. The van der Waals surface area contributed by atoms with E-state index in [1.165, 1.54) is 0 Å². The van der Waals surface area contributed by atoms with Crippen molar-refractivity contribution in [2.24, 2.45) is 5.92 Å². The highest BCUT2D eigenvalue weighted by Gasteiger charge is 2.38. The number of aliphatic hydroxyl groups excluding tert-OH is 1. The summed E-state index contributed by atoms with van der Waals surface area (Å²) in [6.07, 6.45) is -4.36. The molecule has 0 fully saturated rings. The first-order chi connectivity index (χ1) is 5.88. The van der Waals surface area contributed by atoms with Crippen molar-refractivity contribution >= 4 is 0 Å². The van der Waals surface area contributed by atoms with E-state index in [9.17, 15) is 13.2 Å².